The fourth-order valence-electron chi connectivity index (χ4n) is 1.79. The number of ether oxygens (including phenoxy) is 1. The van der Waals surface area contributed by atoms with Crippen LogP contribution < -0.4 is 16.2 Å². The van der Waals surface area contributed by atoms with Gasteiger partial charge in [0.2, 0.25) is 0 Å². The van der Waals surface area contributed by atoms with Gasteiger partial charge in [0.1, 0.15) is 11.6 Å². The molecule has 0 saturated heterocycles. The first-order valence-corrected chi connectivity index (χ1v) is 5.81. The van der Waals surface area contributed by atoms with Gasteiger partial charge in [-0.3, -0.25) is 0 Å². The van der Waals surface area contributed by atoms with Crippen molar-refractivity contribution in [3.8, 4) is 5.75 Å². The third-order valence-electron chi connectivity index (χ3n) is 3.18. The third kappa shape index (κ3) is 3.17. The molecule has 4 heteroatoms. The van der Waals surface area contributed by atoms with Crippen molar-refractivity contribution in [2.24, 2.45) is 17.4 Å². The van der Waals surface area contributed by atoms with E-state index in [9.17, 15) is 4.39 Å². The van der Waals surface area contributed by atoms with E-state index in [4.69, 9.17) is 16.2 Å². The standard InChI is InChI=1S/C13H21FN2O/c1-8(9(2)16)6-10-11(7-15)12(14)4-5-13(10)17-3/h4-5,8-9H,6-7,15-16H2,1-3H3. The van der Waals surface area contributed by atoms with Gasteiger partial charge in [-0.15, -0.1) is 0 Å². The monoisotopic (exact) mass is 240 g/mol. The Hall–Kier alpha value is -1.13. The van der Waals surface area contributed by atoms with Crippen LogP contribution in [0.1, 0.15) is 25.0 Å². The van der Waals surface area contributed by atoms with Gasteiger partial charge in [0, 0.05) is 23.7 Å². The highest BCUT2D eigenvalue weighted by Gasteiger charge is 2.17. The van der Waals surface area contributed by atoms with Gasteiger partial charge in [-0.2, -0.15) is 0 Å². The van der Waals surface area contributed by atoms with Gasteiger partial charge >= 0.3 is 0 Å². The summed E-state index contributed by atoms with van der Waals surface area (Å²) in [5, 5.41) is 0. The molecule has 0 radical (unpaired) electrons. The number of methoxy groups -OCH3 is 1. The zero-order chi connectivity index (χ0) is 13.0. The molecule has 0 aliphatic carbocycles. The number of halogens is 1. The molecular weight excluding hydrogens is 219 g/mol. The maximum Gasteiger partial charge on any atom is 0.128 e. The Morgan fingerprint density at radius 2 is 1.94 bits per heavy atom. The van der Waals surface area contributed by atoms with E-state index in [0.717, 1.165) is 5.56 Å². The SMILES string of the molecule is COc1ccc(F)c(CN)c1CC(C)C(C)N. The van der Waals surface area contributed by atoms with Crippen LogP contribution in [-0.2, 0) is 13.0 Å². The Morgan fingerprint density at radius 3 is 2.41 bits per heavy atom. The van der Waals surface area contributed by atoms with E-state index in [2.05, 4.69) is 0 Å². The summed E-state index contributed by atoms with van der Waals surface area (Å²) in [6.45, 7) is 4.15. The minimum atomic E-state index is -0.278. The van der Waals surface area contributed by atoms with Gasteiger partial charge in [-0.05, 0) is 31.4 Å². The highest BCUT2D eigenvalue weighted by molar-refractivity contribution is 5.41. The second kappa shape index (κ2) is 5.98. The summed E-state index contributed by atoms with van der Waals surface area (Å²) in [5.74, 6) is 0.649. The van der Waals surface area contributed by atoms with Gasteiger partial charge in [0.05, 0.1) is 7.11 Å². The van der Waals surface area contributed by atoms with E-state index in [1.54, 1.807) is 13.2 Å². The van der Waals surface area contributed by atoms with Gasteiger partial charge in [-0.1, -0.05) is 6.92 Å². The molecule has 0 aliphatic heterocycles. The van der Waals surface area contributed by atoms with Crippen molar-refractivity contribution in [2.45, 2.75) is 32.9 Å². The van der Waals surface area contributed by atoms with Crippen molar-refractivity contribution in [1.82, 2.24) is 0 Å². The van der Waals surface area contributed by atoms with Crippen molar-refractivity contribution < 1.29 is 9.13 Å². The Kier molecular flexibility index (Phi) is 4.90. The fourth-order valence-corrected chi connectivity index (χ4v) is 1.79. The first-order chi connectivity index (χ1) is 8.01. The molecule has 1 aromatic carbocycles. The van der Waals surface area contributed by atoms with E-state index in [1.165, 1.54) is 6.07 Å². The van der Waals surface area contributed by atoms with Crippen LogP contribution >= 0.6 is 0 Å². The minimum Gasteiger partial charge on any atom is -0.496 e. The average Bonchev–Trinajstić information content (AvgIpc) is 2.29. The molecule has 1 rings (SSSR count). The molecule has 2 atom stereocenters. The van der Waals surface area contributed by atoms with Crippen LogP contribution in [0.5, 0.6) is 5.75 Å². The number of nitrogens with two attached hydrogens (primary N) is 2. The van der Waals surface area contributed by atoms with Crippen LogP contribution in [0.25, 0.3) is 0 Å². The Labute approximate surface area is 102 Å². The van der Waals surface area contributed by atoms with Crippen LogP contribution in [0.15, 0.2) is 12.1 Å². The summed E-state index contributed by atoms with van der Waals surface area (Å²) in [7, 11) is 1.58. The molecule has 3 nitrogen and oxygen atoms in total. The molecule has 0 aliphatic rings. The Balaban J connectivity index is 3.13. The van der Waals surface area contributed by atoms with Crippen molar-refractivity contribution in [3.05, 3.63) is 29.1 Å². The van der Waals surface area contributed by atoms with E-state index in [-0.39, 0.29) is 24.3 Å². The summed E-state index contributed by atoms with van der Waals surface area (Å²) in [6.07, 6.45) is 0.672. The van der Waals surface area contributed by atoms with Gasteiger partial charge in [-0.25, -0.2) is 4.39 Å². The lowest BCUT2D eigenvalue weighted by molar-refractivity contribution is 0.397. The lowest BCUT2D eigenvalue weighted by Crippen LogP contribution is -2.26. The second-order valence-corrected chi connectivity index (χ2v) is 4.45. The summed E-state index contributed by atoms with van der Waals surface area (Å²) in [6, 6.07) is 3.08. The molecule has 1 aromatic rings. The summed E-state index contributed by atoms with van der Waals surface area (Å²) in [4.78, 5) is 0. The number of hydrogen-bond acceptors (Lipinski definition) is 3. The van der Waals surface area contributed by atoms with E-state index in [0.29, 0.717) is 17.7 Å². The smallest absolute Gasteiger partial charge is 0.128 e. The van der Waals surface area contributed by atoms with E-state index < -0.39 is 0 Å². The molecule has 17 heavy (non-hydrogen) atoms. The Morgan fingerprint density at radius 1 is 1.29 bits per heavy atom. The number of hydrogen-bond donors (Lipinski definition) is 2. The summed E-state index contributed by atoms with van der Waals surface area (Å²) >= 11 is 0. The van der Waals surface area contributed by atoms with Gasteiger partial charge in [0.15, 0.2) is 0 Å². The molecule has 0 saturated carbocycles. The molecule has 0 fully saturated rings. The normalized spacial score (nSPS) is 14.5. The number of rotatable bonds is 5. The van der Waals surface area contributed by atoms with Crippen molar-refractivity contribution in [2.75, 3.05) is 7.11 Å². The quantitative estimate of drug-likeness (QED) is 0.825. The van der Waals surface area contributed by atoms with Crippen molar-refractivity contribution in [3.63, 3.8) is 0 Å². The Bertz CT molecular complexity index is 380. The van der Waals surface area contributed by atoms with E-state index >= 15 is 0 Å². The van der Waals surface area contributed by atoms with Crippen molar-refractivity contribution >= 4 is 0 Å². The molecule has 0 spiro atoms. The first kappa shape index (κ1) is 13.9. The third-order valence-corrected chi connectivity index (χ3v) is 3.18. The predicted molar refractivity (Wildman–Crippen MR) is 67.4 cm³/mol. The molecule has 0 bridgehead atoms. The molecule has 96 valence electrons. The first-order valence-electron chi connectivity index (χ1n) is 5.81. The second-order valence-electron chi connectivity index (χ2n) is 4.45. The molecule has 0 heterocycles. The van der Waals surface area contributed by atoms with Gasteiger partial charge < -0.3 is 16.2 Å². The molecule has 0 amide bonds. The molecule has 2 unspecified atom stereocenters. The zero-order valence-electron chi connectivity index (χ0n) is 10.7. The minimum absolute atomic E-state index is 0.0496. The molecule has 0 aromatic heterocycles. The molecule has 4 N–H and O–H groups in total. The predicted octanol–water partition coefficient (Wildman–Crippen LogP) is 1.82. The highest BCUT2D eigenvalue weighted by atomic mass is 19.1. The lowest BCUT2D eigenvalue weighted by atomic mass is 9.91. The summed E-state index contributed by atoms with van der Waals surface area (Å²) < 4.78 is 18.9. The van der Waals surface area contributed by atoms with Crippen LogP contribution in [0.3, 0.4) is 0 Å². The fraction of sp³-hybridized carbons (Fsp3) is 0.538. The highest BCUT2D eigenvalue weighted by Crippen LogP contribution is 2.27. The largest absolute Gasteiger partial charge is 0.496 e. The van der Waals surface area contributed by atoms with Crippen LogP contribution in [-0.4, -0.2) is 13.2 Å². The van der Waals surface area contributed by atoms with Gasteiger partial charge in [0.25, 0.3) is 0 Å². The number of benzene rings is 1. The van der Waals surface area contributed by atoms with Crippen LogP contribution in [0, 0.1) is 11.7 Å². The maximum absolute atomic E-state index is 13.7. The molecular formula is C13H21FN2O. The summed E-state index contributed by atoms with van der Waals surface area (Å²) in [5.41, 5.74) is 12.8. The van der Waals surface area contributed by atoms with Crippen LogP contribution in [0.4, 0.5) is 4.39 Å². The van der Waals surface area contributed by atoms with Crippen molar-refractivity contribution in [1.29, 1.82) is 0 Å². The topological polar surface area (TPSA) is 61.3 Å². The maximum atomic E-state index is 13.7. The lowest BCUT2D eigenvalue weighted by Gasteiger charge is -2.20. The zero-order valence-corrected chi connectivity index (χ0v) is 10.7. The van der Waals surface area contributed by atoms with Crippen LogP contribution in [0.2, 0.25) is 0 Å². The average molecular weight is 240 g/mol. The van der Waals surface area contributed by atoms with E-state index in [1.807, 2.05) is 13.8 Å².